The zero-order valence-corrected chi connectivity index (χ0v) is 8.40. The molecule has 0 aromatic rings. The Morgan fingerprint density at radius 2 is 0.800 bits per heavy atom. The Hall–Kier alpha value is -1.65. The molecule has 0 fully saturated rings. The van der Waals surface area contributed by atoms with E-state index in [1.165, 1.54) is 0 Å². The van der Waals surface area contributed by atoms with Gasteiger partial charge in [0.1, 0.15) is 0 Å². The van der Waals surface area contributed by atoms with Crippen molar-refractivity contribution in [2.45, 2.75) is 0 Å². The van der Waals surface area contributed by atoms with Crippen LogP contribution in [0.15, 0.2) is 10.7 Å². The van der Waals surface area contributed by atoms with Crippen LogP contribution in [-0.4, -0.2) is 5.09 Å². The van der Waals surface area contributed by atoms with Crippen LogP contribution in [0.3, 0.4) is 0 Å². The van der Waals surface area contributed by atoms with Gasteiger partial charge in [-0.25, -0.2) is 0 Å². The van der Waals surface area contributed by atoms with Gasteiger partial charge >= 0.3 is 16.8 Å². The molecule has 0 unspecified atom stereocenters. The van der Waals surface area contributed by atoms with Gasteiger partial charge in [0.15, 0.2) is 0 Å². The molecular weight excluding hydrogens is 269 g/mol. The topological polar surface area (TPSA) is 311 Å². The molecule has 0 aromatic carbocycles. The van der Waals surface area contributed by atoms with E-state index in [-0.39, 0.29) is 41.4 Å². The number of hydrogen-bond acceptors (Lipinski definition) is 13. The third-order valence-corrected chi connectivity index (χ3v) is 0. The Balaban J connectivity index is -0.00000000707. The summed E-state index contributed by atoms with van der Waals surface area (Å²) in [5.41, 5.74) is 0. The monoisotopic (exact) mass is 281 g/mol. The smallest absolute Gasteiger partial charge is 0.444 e. The summed E-state index contributed by atoms with van der Waals surface area (Å²) in [5.74, 6) is 0. The van der Waals surface area contributed by atoms with E-state index in [2.05, 4.69) is 0 Å². The molecule has 12 N–H and O–H groups in total. The molecule has 15 heavy (non-hydrogen) atoms. The van der Waals surface area contributed by atoms with Crippen molar-refractivity contribution in [3.8, 4) is 0 Å². The summed E-state index contributed by atoms with van der Waals surface area (Å²) in [6.45, 7) is 0. The quantitative estimate of drug-likeness (QED) is 0.274. The van der Waals surface area contributed by atoms with E-state index in [0.29, 0.717) is 0 Å². The Morgan fingerprint density at radius 3 is 0.800 bits per heavy atom. The van der Waals surface area contributed by atoms with Gasteiger partial charge in [-0.05, 0) is 0 Å². The van der Waals surface area contributed by atoms with E-state index < -0.39 is 5.09 Å². The second-order valence-electron chi connectivity index (χ2n) is 0.373. The molecule has 0 amide bonds. The van der Waals surface area contributed by atoms with Gasteiger partial charge in [-0.1, -0.05) is 0 Å². The summed E-state index contributed by atoms with van der Waals surface area (Å²) in [6, 6.07) is 0. The molecule has 14 nitrogen and oxygen atoms in total. The van der Waals surface area contributed by atoms with Crippen molar-refractivity contribution in [2.24, 2.45) is 10.7 Å². The SMILES string of the molecule is N.N.N.N.O=N[O-].O=N[O-].O=[N+]([O-])[O-].[Co+3]. The zero-order chi connectivity index (χ0) is 8.99. The molecule has 0 saturated heterocycles. The van der Waals surface area contributed by atoms with Crippen molar-refractivity contribution in [1.29, 1.82) is 0 Å². The summed E-state index contributed by atoms with van der Waals surface area (Å²) in [4.78, 5) is 24.2. The van der Waals surface area contributed by atoms with Crippen molar-refractivity contribution in [1.82, 2.24) is 24.6 Å². The molecule has 0 bridgehead atoms. The first-order valence-electron chi connectivity index (χ1n) is 1.28. The van der Waals surface area contributed by atoms with Gasteiger partial charge in [0.25, 0.3) is 0 Å². The van der Waals surface area contributed by atoms with E-state index in [0.717, 1.165) is 10.7 Å². The van der Waals surface area contributed by atoms with Crippen LogP contribution in [0.5, 0.6) is 0 Å². The van der Waals surface area contributed by atoms with Crippen LogP contribution in [0.1, 0.15) is 0 Å². The summed E-state index contributed by atoms with van der Waals surface area (Å²) in [7, 11) is 0. The van der Waals surface area contributed by atoms with Gasteiger partial charge < -0.3 is 60.2 Å². The average Bonchev–Trinajstić information content (AvgIpc) is 1.65. The normalized spacial score (nSPS) is 3.20. The van der Waals surface area contributed by atoms with Crippen LogP contribution in [0, 0.1) is 35.6 Å². The second-order valence-corrected chi connectivity index (χ2v) is 0.373. The number of hydrogen-bond donors (Lipinski definition) is 4. The minimum absolute atomic E-state index is 0. The van der Waals surface area contributed by atoms with E-state index in [1.807, 2.05) is 0 Å². The van der Waals surface area contributed by atoms with Crippen LogP contribution < -0.4 is 24.6 Å². The van der Waals surface area contributed by atoms with Crippen molar-refractivity contribution >= 4 is 0 Å². The fourth-order valence-corrected chi connectivity index (χ4v) is 0. The van der Waals surface area contributed by atoms with Gasteiger partial charge in [-0.15, -0.1) is 10.7 Å². The fraction of sp³-hybridized carbons (Fsp3) is 0. The first kappa shape index (κ1) is 71.2. The van der Waals surface area contributed by atoms with Crippen LogP contribution in [0.25, 0.3) is 0 Å². The van der Waals surface area contributed by atoms with Crippen LogP contribution in [-0.2, 0) is 16.8 Å². The predicted octanol–water partition coefficient (Wildman–Crippen LogP) is 0.908. The first-order valence-corrected chi connectivity index (χ1v) is 1.28. The number of rotatable bonds is 0. The molecular formula is H12CoN7O7. The van der Waals surface area contributed by atoms with Gasteiger partial charge in [-0.3, -0.25) is 0 Å². The number of nitrogens with zero attached hydrogens (tertiary/aromatic N) is 3. The van der Waals surface area contributed by atoms with Crippen molar-refractivity contribution in [3.63, 3.8) is 0 Å². The molecule has 0 heterocycles. The van der Waals surface area contributed by atoms with Gasteiger partial charge in [0.2, 0.25) is 0 Å². The maximum absolute atomic E-state index is 8.25. The van der Waals surface area contributed by atoms with Crippen LogP contribution >= 0.6 is 0 Å². The second kappa shape index (κ2) is 142. The molecule has 0 aliphatic carbocycles. The van der Waals surface area contributed by atoms with Gasteiger partial charge in [-0.2, -0.15) is 0 Å². The molecule has 0 aromatic heterocycles. The molecule has 0 aliphatic rings. The summed E-state index contributed by atoms with van der Waals surface area (Å²) < 4.78 is 0. The van der Waals surface area contributed by atoms with Crippen molar-refractivity contribution < 1.29 is 21.9 Å². The maximum Gasteiger partial charge on any atom is 3.00 e. The minimum Gasteiger partial charge on any atom is -0.444 e. The van der Waals surface area contributed by atoms with Gasteiger partial charge in [0.05, 0.1) is 5.09 Å². The Kier molecular flexibility index (Phi) is 673. The largest absolute Gasteiger partial charge is 3.00 e. The minimum atomic E-state index is -1.75. The van der Waals surface area contributed by atoms with E-state index in [1.54, 1.807) is 0 Å². The maximum atomic E-state index is 8.25. The van der Waals surface area contributed by atoms with Crippen molar-refractivity contribution in [2.75, 3.05) is 0 Å². The third kappa shape index (κ3) is 483. The summed E-state index contributed by atoms with van der Waals surface area (Å²) in [6.07, 6.45) is 0. The van der Waals surface area contributed by atoms with E-state index >= 15 is 0 Å². The van der Waals surface area contributed by atoms with Crippen LogP contribution in [0.2, 0.25) is 0 Å². The Bertz CT molecular complexity index is 87.3. The Morgan fingerprint density at radius 1 is 0.800 bits per heavy atom. The van der Waals surface area contributed by atoms with Gasteiger partial charge in [0, 0.05) is 0 Å². The molecule has 0 radical (unpaired) electrons. The van der Waals surface area contributed by atoms with E-state index in [4.69, 9.17) is 35.6 Å². The predicted molar refractivity (Wildman–Crippen MR) is 48.8 cm³/mol. The standard InChI is InChI=1S/Co.NO3.2HNO2.4H3N/c;2-1(3)4;2*2-1-3;;;;/h;;2*(H,2,3);4*1H3/q+3;-1;;;;;;/p-2. The fourth-order valence-electron chi connectivity index (χ4n) is 0. The van der Waals surface area contributed by atoms with Crippen molar-refractivity contribution in [3.05, 3.63) is 35.6 Å². The van der Waals surface area contributed by atoms with Crippen LogP contribution in [0.4, 0.5) is 0 Å². The zero-order valence-electron chi connectivity index (χ0n) is 7.36. The summed E-state index contributed by atoms with van der Waals surface area (Å²) in [5, 5.41) is 32.8. The summed E-state index contributed by atoms with van der Waals surface area (Å²) >= 11 is 0. The molecule has 0 rings (SSSR count). The van der Waals surface area contributed by atoms with E-state index in [9.17, 15) is 0 Å². The Labute approximate surface area is 93.5 Å². The molecule has 98 valence electrons. The molecule has 15 heteroatoms. The molecule has 0 aliphatic heterocycles. The third-order valence-electron chi connectivity index (χ3n) is 0. The molecule has 0 atom stereocenters. The average molecular weight is 281 g/mol. The molecule has 0 saturated carbocycles. The molecule has 0 spiro atoms. The first-order chi connectivity index (χ1) is 4.56.